The molecule has 1 saturated heterocycles. The summed E-state index contributed by atoms with van der Waals surface area (Å²) in [6, 6.07) is 26.1. The van der Waals surface area contributed by atoms with E-state index < -0.39 is 0 Å². The number of piperazine rings is 1. The monoisotopic (exact) mass is 452 g/mol. The second kappa shape index (κ2) is 9.43. The van der Waals surface area contributed by atoms with Gasteiger partial charge in [-0.25, -0.2) is 4.68 Å². The van der Waals surface area contributed by atoms with E-state index >= 15 is 0 Å². The smallest absolute Gasteiger partial charge is 0.257 e. The molecule has 0 bridgehead atoms. The van der Waals surface area contributed by atoms with E-state index in [4.69, 9.17) is 9.84 Å². The Bertz CT molecular complexity index is 1270. The van der Waals surface area contributed by atoms with Gasteiger partial charge in [0.1, 0.15) is 11.4 Å². The van der Waals surface area contributed by atoms with Crippen LogP contribution >= 0.6 is 0 Å². The van der Waals surface area contributed by atoms with Crippen LogP contribution in [0.2, 0.25) is 0 Å². The van der Waals surface area contributed by atoms with Crippen molar-refractivity contribution < 1.29 is 9.53 Å². The number of anilines is 1. The van der Waals surface area contributed by atoms with Crippen molar-refractivity contribution in [3.63, 3.8) is 0 Å². The number of aromatic nitrogens is 2. The first-order chi connectivity index (χ1) is 16.6. The summed E-state index contributed by atoms with van der Waals surface area (Å²) in [5, 5.41) is 4.82. The maximum atomic E-state index is 13.7. The number of para-hydroxylation sites is 3. The Morgan fingerprint density at radius 3 is 2.24 bits per heavy atom. The Kier molecular flexibility index (Phi) is 6.04. The van der Waals surface area contributed by atoms with Gasteiger partial charge in [0.25, 0.3) is 5.91 Å². The van der Waals surface area contributed by atoms with Crippen LogP contribution in [0.25, 0.3) is 16.9 Å². The van der Waals surface area contributed by atoms with Crippen LogP contribution in [0, 0.1) is 6.92 Å². The first-order valence-corrected chi connectivity index (χ1v) is 11.5. The quantitative estimate of drug-likeness (QED) is 0.436. The Morgan fingerprint density at radius 1 is 0.853 bits per heavy atom. The van der Waals surface area contributed by atoms with Gasteiger partial charge in [-0.1, -0.05) is 60.2 Å². The molecule has 0 aliphatic carbocycles. The van der Waals surface area contributed by atoms with Crippen molar-refractivity contribution in [2.75, 3.05) is 38.2 Å². The summed E-state index contributed by atoms with van der Waals surface area (Å²) in [6.07, 6.45) is 1.86. The second-order valence-electron chi connectivity index (χ2n) is 8.49. The van der Waals surface area contributed by atoms with E-state index in [1.54, 1.807) is 11.8 Å². The molecule has 2 heterocycles. The Morgan fingerprint density at radius 2 is 1.53 bits per heavy atom. The maximum absolute atomic E-state index is 13.7. The van der Waals surface area contributed by atoms with Gasteiger partial charge in [0.2, 0.25) is 0 Å². The van der Waals surface area contributed by atoms with E-state index in [2.05, 4.69) is 30.0 Å². The van der Waals surface area contributed by atoms with Crippen LogP contribution in [-0.2, 0) is 0 Å². The number of hydrogen-bond acceptors (Lipinski definition) is 4. The van der Waals surface area contributed by atoms with E-state index in [9.17, 15) is 4.79 Å². The van der Waals surface area contributed by atoms with Crippen LogP contribution in [0.1, 0.15) is 15.9 Å². The van der Waals surface area contributed by atoms with Gasteiger partial charge in [-0.2, -0.15) is 5.10 Å². The second-order valence-corrected chi connectivity index (χ2v) is 8.49. The molecular weight excluding hydrogens is 424 g/mol. The highest BCUT2D eigenvalue weighted by atomic mass is 16.5. The number of hydrogen-bond donors (Lipinski definition) is 0. The van der Waals surface area contributed by atoms with Crippen LogP contribution in [0.4, 0.5) is 5.69 Å². The molecule has 1 aliphatic heterocycles. The standard InChI is InChI=1S/C28H28N4O2/c1-21-12-14-22(15-13-21)27-24(20-32(29-27)23-8-4-3-5-9-23)28(33)31-18-16-30(17-19-31)25-10-6-7-11-26(25)34-2/h3-15,20H,16-19H2,1-2H3. The zero-order chi connectivity index (χ0) is 23.5. The molecule has 0 saturated carbocycles. The third-order valence-corrected chi connectivity index (χ3v) is 6.28. The topological polar surface area (TPSA) is 50.6 Å². The van der Waals surface area contributed by atoms with Crippen molar-refractivity contribution in [2.24, 2.45) is 0 Å². The zero-order valence-electron chi connectivity index (χ0n) is 19.5. The van der Waals surface area contributed by atoms with E-state index in [1.807, 2.05) is 71.8 Å². The molecule has 4 aromatic rings. The molecule has 1 amide bonds. The Balaban J connectivity index is 1.42. The number of rotatable bonds is 5. The summed E-state index contributed by atoms with van der Waals surface area (Å²) in [7, 11) is 1.69. The fourth-order valence-electron chi connectivity index (χ4n) is 4.38. The molecule has 1 aliphatic rings. The molecule has 1 fully saturated rings. The van der Waals surface area contributed by atoms with Gasteiger partial charge in [-0.05, 0) is 31.2 Å². The number of carbonyl (C=O) groups excluding carboxylic acids is 1. The summed E-state index contributed by atoms with van der Waals surface area (Å²) in [4.78, 5) is 17.9. The average Bonchev–Trinajstić information content (AvgIpc) is 3.35. The zero-order valence-corrected chi connectivity index (χ0v) is 19.5. The molecule has 6 heteroatoms. The third kappa shape index (κ3) is 4.27. The summed E-state index contributed by atoms with van der Waals surface area (Å²) < 4.78 is 7.33. The SMILES string of the molecule is COc1ccccc1N1CCN(C(=O)c2cn(-c3ccccc3)nc2-c2ccc(C)cc2)CC1. The van der Waals surface area contributed by atoms with E-state index in [0.29, 0.717) is 24.3 Å². The van der Waals surface area contributed by atoms with Gasteiger partial charge in [0.05, 0.1) is 24.0 Å². The Hall–Kier alpha value is -4.06. The molecule has 0 spiro atoms. The lowest BCUT2D eigenvalue weighted by Crippen LogP contribution is -2.48. The van der Waals surface area contributed by atoms with Gasteiger partial charge >= 0.3 is 0 Å². The molecule has 34 heavy (non-hydrogen) atoms. The lowest BCUT2D eigenvalue weighted by Gasteiger charge is -2.36. The highest BCUT2D eigenvalue weighted by Gasteiger charge is 2.27. The molecule has 0 radical (unpaired) electrons. The minimum Gasteiger partial charge on any atom is -0.495 e. The molecule has 5 rings (SSSR count). The summed E-state index contributed by atoms with van der Waals surface area (Å²) >= 11 is 0. The highest BCUT2D eigenvalue weighted by Crippen LogP contribution is 2.30. The maximum Gasteiger partial charge on any atom is 0.257 e. The number of aryl methyl sites for hydroxylation is 1. The molecule has 0 unspecified atom stereocenters. The molecular formula is C28H28N4O2. The van der Waals surface area contributed by atoms with Crippen molar-refractivity contribution in [2.45, 2.75) is 6.92 Å². The Labute approximate surface area is 200 Å². The number of benzene rings is 3. The number of ether oxygens (including phenoxy) is 1. The van der Waals surface area contributed by atoms with Crippen LogP contribution in [0.3, 0.4) is 0 Å². The normalized spacial score (nSPS) is 13.7. The third-order valence-electron chi connectivity index (χ3n) is 6.28. The van der Waals surface area contributed by atoms with Crippen molar-refractivity contribution in [3.05, 3.63) is 96.2 Å². The molecule has 6 nitrogen and oxygen atoms in total. The van der Waals surface area contributed by atoms with Gasteiger partial charge in [0.15, 0.2) is 0 Å². The number of methoxy groups -OCH3 is 1. The van der Waals surface area contributed by atoms with Gasteiger partial charge < -0.3 is 14.5 Å². The lowest BCUT2D eigenvalue weighted by atomic mass is 10.1. The minimum atomic E-state index is 0.0115. The van der Waals surface area contributed by atoms with E-state index in [0.717, 1.165) is 35.8 Å². The van der Waals surface area contributed by atoms with Gasteiger partial charge in [-0.15, -0.1) is 0 Å². The van der Waals surface area contributed by atoms with Gasteiger partial charge in [0, 0.05) is 37.9 Å². The summed E-state index contributed by atoms with van der Waals surface area (Å²) in [5.74, 6) is 0.866. The number of nitrogens with zero attached hydrogens (tertiary/aromatic N) is 4. The minimum absolute atomic E-state index is 0.0115. The van der Waals surface area contributed by atoms with Crippen molar-refractivity contribution in [1.82, 2.24) is 14.7 Å². The molecule has 0 atom stereocenters. The first kappa shape index (κ1) is 21.8. The molecule has 172 valence electrons. The average molecular weight is 453 g/mol. The van der Waals surface area contributed by atoms with Crippen molar-refractivity contribution >= 4 is 11.6 Å². The van der Waals surface area contributed by atoms with Crippen molar-refractivity contribution in [1.29, 1.82) is 0 Å². The van der Waals surface area contributed by atoms with Crippen LogP contribution in [-0.4, -0.2) is 53.9 Å². The number of amides is 1. The molecule has 1 aromatic heterocycles. The fourth-order valence-corrected chi connectivity index (χ4v) is 4.38. The fraction of sp³-hybridized carbons (Fsp3) is 0.214. The summed E-state index contributed by atoms with van der Waals surface area (Å²) in [5.41, 5.74) is 5.44. The van der Waals surface area contributed by atoms with Crippen LogP contribution in [0.15, 0.2) is 85.1 Å². The van der Waals surface area contributed by atoms with E-state index in [1.165, 1.54) is 5.56 Å². The van der Waals surface area contributed by atoms with Gasteiger partial charge in [-0.3, -0.25) is 4.79 Å². The largest absolute Gasteiger partial charge is 0.495 e. The van der Waals surface area contributed by atoms with Crippen LogP contribution < -0.4 is 9.64 Å². The molecule has 0 N–H and O–H groups in total. The first-order valence-electron chi connectivity index (χ1n) is 11.5. The number of carbonyl (C=O) groups is 1. The predicted molar refractivity (Wildman–Crippen MR) is 135 cm³/mol. The van der Waals surface area contributed by atoms with Crippen LogP contribution in [0.5, 0.6) is 5.75 Å². The molecule has 3 aromatic carbocycles. The lowest BCUT2D eigenvalue weighted by molar-refractivity contribution is 0.0747. The van der Waals surface area contributed by atoms with E-state index in [-0.39, 0.29) is 5.91 Å². The van der Waals surface area contributed by atoms with Crippen molar-refractivity contribution in [3.8, 4) is 22.7 Å². The predicted octanol–water partition coefficient (Wildman–Crippen LogP) is 4.82. The summed E-state index contributed by atoms with van der Waals surface area (Å²) in [6.45, 7) is 4.83. The highest BCUT2D eigenvalue weighted by molar-refractivity contribution is 6.00.